The predicted molar refractivity (Wildman–Crippen MR) is 110 cm³/mol. The lowest BCUT2D eigenvalue weighted by atomic mass is 10.0. The maximum atomic E-state index is 5.24. The van der Waals surface area contributed by atoms with Gasteiger partial charge in [-0.05, 0) is 19.3 Å². The maximum absolute atomic E-state index is 5.24. The Hall–Kier alpha value is -0.860. The van der Waals surface area contributed by atoms with Gasteiger partial charge in [-0.3, -0.25) is 4.99 Å². The van der Waals surface area contributed by atoms with Crippen LogP contribution in [-0.2, 0) is 6.42 Å². The molecule has 0 fully saturated rings. The van der Waals surface area contributed by atoms with Crippen LogP contribution in [0.1, 0.15) is 71.5 Å². The second kappa shape index (κ2) is 12.5. The van der Waals surface area contributed by atoms with Crippen molar-refractivity contribution in [1.29, 1.82) is 0 Å². The molecule has 0 saturated heterocycles. The fraction of sp³-hybridized carbons (Fsp3) is 0.824. The molecule has 24 heavy (non-hydrogen) atoms. The van der Waals surface area contributed by atoms with Gasteiger partial charge in [-0.15, -0.1) is 24.0 Å². The summed E-state index contributed by atoms with van der Waals surface area (Å²) in [4.78, 5) is 8.64. The first kappa shape index (κ1) is 23.1. The van der Waals surface area contributed by atoms with Crippen molar-refractivity contribution in [2.24, 2.45) is 10.9 Å². The molecule has 6 nitrogen and oxygen atoms in total. The number of hydrogen-bond donors (Lipinski definition) is 2. The van der Waals surface area contributed by atoms with Crippen LogP contribution in [-0.4, -0.2) is 35.7 Å². The van der Waals surface area contributed by atoms with E-state index in [1.54, 1.807) is 7.05 Å². The van der Waals surface area contributed by atoms with Gasteiger partial charge in [0.2, 0.25) is 5.89 Å². The standard InChI is InChI=1S/C17H33N5O.HI/c1-12(2)8-7-9-14(5)20-17(18-6)19-11-10-15-21-16(13(3)4)22-23-15;/h12-14H,7-11H2,1-6H3,(H2,18,19,20);1H. The molecule has 0 aliphatic rings. The Kier molecular flexibility index (Phi) is 12.0. The van der Waals surface area contributed by atoms with Gasteiger partial charge >= 0.3 is 0 Å². The number of rotatable bonds is 9. The van der Waals surface area contributed by atoms with Crippen LogP contribution in [0.2, 0.25) is 0 Å². The molecule has 0 aliphatic carbocycles. The largest absolute Gasteiger partial charge is 0.356 e. The summed E-state index contributed by atoms with van der Waals surface area (Å²) in [5.74, 6) is 3.32. The molecule has 140 valence electrons. The number of halogens is 1. The highest BCUT2D eigenvalue weighted by Crippen LogP contribution is 2.10. The van der Waals surface area contributed by atoms with E-state index in [4.69, 9.17) is 4.52 Å². The first-order valence-electron chi connectivity index (χ1n) is 8.72. The molecule has 0 amide bonds. The maximum Gasteiger partial charge on any atom is 0.228 e. The fourth-order valence-corrected chi connectivity index (χ4v) is 2.22. The van der Waals surface area contributed by atoms with Crippen LogP contribution >= 0.6 is 24.0 Å². The van der Waals surface area contributed by atoms with Gasteiger partial charge in [0.1, 0.15) is 0 Å². The van der Waals surface area contributed by atoms with Crippen LogP contribution in [0.15, 0.2) is 9.52 Å². The smallest absolute Gasteiger partial charge is 0.228 e. The quantitative estimate of drug-likeness (QED) is 0.340. The Morgan fingerprint density at radius 3 is 2.42 bits per heavy atom. The molecule has 0 aliphatic heterocycles. The summed E-state index contributed by atoms with van der Waals surface area (Å²) in [6.45, 7) is 11.6. The van der Waals surface area contributed by atoms with Crippen LogP contribution in [0.4, 0.5) is 0 Å². The van der Waals surface area contributed by atoms with E-state index in [0.717, 1.165) is 30.7 Å². The summed E-state index contributed by atoms with van der Waals surface area (Å²) < 4.78 is 5.24. The Bertz CT molecular complexity index is 473. The van der Waals surface area contributed by atoms with Crippen molar-refractivity contribution < 1.29 is 4.52 Å². The van der Waals surface area contributed by atoms with Crippen LogP contribution < -0.4 is 10.6 Å². The Morgan fingerprint density at radius 1 is 1.17 bits per heavy atom. The minimum atomic E-state index is 0. The van der Waals surface area contributed by atoms with E-state index >= 15 is 0 Å². The van der Waals surface area contributed by atoms with Crippen molar-refractivity contribution in [3.63, 3.8) is 0 Å². The number of nitrogens with zero attached hydrogens (tertiary/aromatic N) is 3. The highest BCUT2D eigenvalue weighted by Gasteiger charge is 2.10. The van der Waals surface area contributed by atoms with Crippen molar-refractivity contribution in [1.82, 2.24) is 20.8 Å². The first-order chi connectivity index (χ1) is 10.9. The first-order valence-corrected chi connectivity index (χ1v) is 8.72. The second-order valence-corrected chi connectivity index (χ2v) is 6.82. The van der Waals surface area contributed by atoms with E-state index in [-0.39, 0.29) is 24.0 Å². The second-order valence-electron chi connectivity index (χ2n) is 6.82. The van der Waals surface area contributed by atoms with E-state index in [1.165, 1.54) is 12.8 Å². The normalized spacial score (nSPS) is 13.1. The monoisotopic (exact) mass is 451 g/mol. The summed E-state index contributed by atoms with van der Waals surface area (Å²) in [5.41, 5.74) is 0. The fourth-order valence-electron chi connectivity index (χ4n) is 2.22. The Labute approximate surface area is 163 Å². The van der Waals surface area contributed by atoms with Gasteiger partial charge < -0.3 is 15.2 Å². The Balaban J connectivity index is 0.00000529. The topological polar surface area (TPSA) is 75.3 Å². The number of aromatic nitrogens is 2. The third kappa shape index (κ3) is 9.44. The van der Waals surface area contributed by atoms with Gasteiger partial charge in [-0.25, -0.2) is 0 Å². The zero-order chi connectivity index (χ0) is 17.2. The van der Waals surface area contributed by atoms with Gasteiger partial charge in [-0.2, -0.15) is 4.98 Å². The number of hydrogen-bond acceptors (Lipinski definition) is 4. The number of guanidine groups is 1. The third-order valence-electron chi connectivity index (χ3n) is 3.66. The lowest BCUT2D eigenvalue weighted by Crippen LogP contribution is -2.42. The van der Waals surface area contributed by atoms with Crippen LogP contribution in [0.3, 0.4) is 0 Å². The molecular formula is C17H34IN5O. The zero-order valence-electron chi connectivity index (χ0n) is 15.9. The molecule has 1 heterocycles. The molecule has 0 bridgehead atoms. The third-order valence-corrected chi connectivity index (χ3v) is 3.66. The number of nitrogens with one attached hydrogen (secondary N) is 2. The molecule has 0 spiro atoms. The van der Waals surface area contributed by atoms with E-state index < -0.39 is 0 Å². The highest BCUT2D eigenvalue weighted by molar-refractivity contribution is 14.0. The van der Waals surface area contributed by atoms with E-state index in [1.807, 2.05) is 0 Å². The summed E-state index contributed by atoms with van der Waals surface area (Å²) >= 11 is 0. The average Bonchev–Trinajstić information content (AvgIpc) is 2.95. The van der Waals surface area contributed by atoms with Gasteiger partial charge in [0.25, 0.3) is 0 Å². The number of aliphatic imine (C=N–C) groups is 1. The van der Waals surface area contributed by atoms with Crippen LogP contribution in [0.25, 0.3) is 0 Å². The Morgan fingerprint density at radius 2 is 1.88 bits per heavy atom. The highest BCUT2D eigenvalue weighted by atomic mass is 127. The molecule has 1 aromatic rings. The summed E-state index contributed by atoms with van der Waals surface area (Å²) in [7, 11) is 1.79. The van der Waals surface area contributed by atoms with Crippen molar-refractivity contribution in [2.75, 3.05) is 13.6 Å². The molecule has 1 rings (SSSR count). The molecule has 1 aromatic heterocycles. The SMILES string of the molecule is CN=C(NCCc1nc(C(C)C)no1)NC(C)CCCC(C)C.I. The lowest BCUT2D eigenvalue weighted by molar-refractivity contribution is 0.371. The van der Waals surface area contributed by atoms with E-state index in [9.17, 15) is 0 Å². The predicted octanol–water partition coefficient (Wildman–Crippen LogP) is 3.73. The summed E-state index contributed by atoms with van der Waals surface area (Å²) in [6, 6.07) is 0.413. The molecule has 0 saturated carbocycles. The lowest BCUT2D eigenvalue weighted by Gasteiger charge is -2.18. The van der Waals surface area contributed by atoms with E-state index in [2.05, 4.69) is 60.4 Å². The minimum Gasteiger partial charge on any atom is -0.356 e. The molecule has 7 heteroatoms. The van der Waals surface area contributed by atoms with Crippen molar-refractivity contribution in [3.8, 4) is 0 Å². The van der Waals surface area contributed by atoms with Crippen LogP contribution in [0, 0.1) is 5.92 Å². The van der Waals surface area contributed by atoms with Gasteiger partial charge in [0.15, 0.2) is 11.8 Å². The van der Waals surface area contributed by atoms with Gasteiger partial charge in [0.05, 0.1) is 0 Å². The summed E-state index contributed by atoms with van der Waals surface area (Å²) in [6.07, 6.45) is 4.36. The van der Waals surface area contributed by atoms with Crippen molar-refractivity contribution >= 4 is 29.9 Å². The van der Waals surface area contributed by atoms with Gasteiger partial charge in [0, 0.05) is 32.0 Å². The van der Waals surface area contributed by atoms with Crippen molar-refractivity contribution in [2.45, 2.75) is 72.3 Å². The zero-order valence-corrected chi connectivity index (χ0v) is 18.3. The van der Waals surface area contributed by atoms with E-state index in [0.29, 0.717) is 24.3 Å². The summed E-state index contributed by atoms with van der Waals surface area (Å²) in [5, 5.41) is 10.7. The molecule has 1 unspecified atom stereocenters. The molecule has 0 aromatic carbocycles. The van der Waals surface area contributed by atoms with Crippen molar-refractivity contribution in [3.05, 3.63) is 11.7 Å². The molecule has 1 atom stereocenters. The minimum absolute atomic E-state index is 0. The molecule has 2 N–H and O–H groups in total. The van der Waals surface area contributed by atoms with Gasteiger partial charge in [-0.1, -0.05) is 45.7 Å². The molecule has 0 radical (unpaired) electrons. The van der Waals surface area contributed by atoms with Crippen LogP contribution in [0.5, 0.6) is 0 Å². The molecular weight excluding hydrogens is 417 g/mol. The average molecular weight is 451 g/mol.